The highest BCUT2D eigenvalue weighted by molar-refractivity contribution is 9.10. The lowest BCUT2D eigenvalue weighted by Crippen LogP contribution is -2.37. The van der Waals surface area contributed by atoms with Crippen molar-refractivity contribution in [3.63, 3.8) is 0 Å². The Bertz CT molecular complexity index is 379. The van der Waals surface area contributed by atoms with Crippen molar-refractivity contribution >= 4 is 21.6 Å². The summed E-state index contributed by atoms with van der Waals surface area (Å²) in [4.78, 5) is 0. The molecule has 1 saturated carbocycles. The van der Waals surface area contributed by atoms with Crippen LogP contribution in [0.4, 0.5) is 5.69 Å². The number of aryl methyl sites for hydroxylation is 1. The normalized spacial score (nSPS) is 29.1. The zero-order valence-corrected chi connectivity index (χ0v) is 12.5. The number of nitrogens with one attached hydrogen (secondary N) is 1. The molecule has 1 fully saturated rings. The minimum atomic E-state index is 0.622. The van der Waals surface area contributed by atoms with Crippen molar-refractivity contribution in [1.29, 1.82) is 0 Å². The van der Waals surface area contributed by atoms with Gasteiger partial charge in [-0.15, -0.1) is 0 Å². The summed E-state index contributed by atoms with van der Waals surface area (Å²) in [7, 11) is 0. The van der Waals surface area contributed by atoms with E-state index in [1.807, 2.05) is 0 Å². The molecule has 2 rings (SSSR count). The smallest absolute Gasteiger partial charge is 0.0383 e. The Morgan fingerprint density at radius 2 is 1.82 bits per heavy atom. The van der Waals surface area contributed by atoms with Crippen molar-refractivity contribution < 1.29 is 0 Å². The average Bonchev–Trinajstić information content (AvgIpc) is 2.28. The number of anilines is 1. The maximum atomic E-state index is 3.76. The molecule has 0 radical (unpaired) electrons. The molecule has 0 aliphatic heterocycles. The second-order valence-corrected chi connectivity index (χ2v) is 6.43. The molecular formula is C15H22BrN. The van der Waals surface area contributed by atoms with E-state index >= 15 is 0 Å². The molecule has 0 saturated heterocycles. The fraction of sp³-hybridized carbons (Fsp3) is 0.600. The molecule has 17 heavy (non-hydrogen) atoms. The van der Waals surface area contributed by atoms with Crippen molar-refractivity contribution in [2.75, 3.05) is 5.32 Å². The van der Waals surface area contributed by atoms with Crippen LogP contribution in [0.1, 0.15) is 38.7 Å². The average molecular weight is 296 g/mol. The van der Waals surface area contributed by atoms with Gasteiger partial charge in [-0.1, -0.05) is 42.3 Å². The summed E-state index contributed by atoms with van der Waals surface area (Å²) in [6.45, 7) is 6.92. The fourth-order valence-electron chi connectivity index (χ4n) is 2.90. The molecular weight excluding hydrogens is 274 g/mol. The highest BCUT2D eigenvalue weighted by atomic mass is 79.9. The third kappa shape index (κ3) is 3.04. The molecule has 0 heterocycles. The minimum absolute atomic E-state index is 0.622. The molecule has 0 bridgehead atoms. The summed E-state index contributed by atoms with van der Waals surface area (Å²) in [6.07, 6.45) is 4.10. The first-order valence-corrected chi connectivity index (χ1v) is 7.40. The Morgan fingerprint density at radius 1 is 1.18 bits per heavy atom. The highest BCUT2D eigenvalue weighted by Crippen LogP contribution is 2.32. The second-order valence-electron chi connectivity index (χ2n) is 5.51. The molecule has 1 aliphatic carbocycles. The van der Waals surface area contributed by atoms with E-state index in [1.54, 1.807) is 0 Å². The van der Waals surface area contributed by atoms with Crippen LogP contribution in [0, 0.1) is 18.8 Å². The Morgan fingerprint density at radius 3 is 2.47 bits per heavy atom. The second kappa shape index (κ2) is 5.43. The van der Waals surface area contributed by atoms with E-state index in [4.69, 9.17) is 0 Å². The monoisotopic (exact) mass is 295 g/mol. The molecule has 1 aromatic carbocycles. The Hall–Kier alpha value is -0.500. The van der Waals surface area contributed by atoms with Crippen molar-refractivity contribution in [1.82, 2.24) is 0 Å². The first kappa shape index (κ1) is 12.9. The van der Waals surface area contributed by atoms with E-state index in [1.165, 1.54) is 30.5 Å². The van der Waals surface area contributed by atoms with Gasteiger partial charge >= 0.3 is 0 Å². The van der Waals surface area contributed by atoms with Crippen LogP contribution in [0.15, 0.2) is 22.7 Å². The molecule has 1 N–H and O–H groups in total. The molecule has 1 aliphatic rings. The lowest BCUT2D eigenvalue weighted by Gasteiger charge is -2.36. The summed E-state index contributed by atoms with van der Waals surface area (Å²) in [5.74, 6) is 1.55. The van der Waals surface area contributed by atoms with Crippen LogP contribution in [0.25, 0.3) is 0 Å². The molecule has 0 aromatic heterocycles. The van der Waals surface area contributed by atoms with E-state index in [0.29, 0.717) is 6.04 Å². The van der Waals surface area contributed by atoms with Crippen LogP contribution in [-0.2, 0) is 0 Å². The number of rotatable bonds is 2. The summed E-state index contributed by atoms with van der Waals surface area (Å²) in [5.41, 5.74) is 2.61. The van der Waals surface area contributed by atoms with Crippen LogP contribution in [-0.4, -0.2) is 6.04 Å². The van der Waals surface area contributed by atoms with Crippen molar-refractivity contribution in [3.8, 4) is 0 Å². The van der Waals surface area contributed by atoms with Crippen molar-refractivity contribution in [3.05, 3.63) is 28.2 Å². The highest BCUT2D eigenvalue weighted by Gasteiger charge is 2.27. The number of benzene rings is 1. The predicted molar refractivity (Wildman–Crippen MR) is 78.5 cm³/mol. The van der Waals surface area contributed by atoms with E-state index in [9.17, 15) is 0 Å². The predicted octanol–water partition coefficient (Wildman–Crippen LogP) is 4.99. The quantitative estimate of drug-likeness (QED) is 0.810. The summed E-state index contributed by atoms with van der Waals surface area (Å²) in [5, 5.41) is 3.76. The van der Waals surface area contributed by atoms with E-state index in [2.05, 4.69) is 60.2 Å². The van der Waals surface area contributed by atoms with Crippen LogP contribution in [0.5, 0.6) is 0 Å². The Balaban J connectivity index is 2.16. The molecule has 0 spiro atoms. The van der Waals surface area contributed by atoms with Gasteiger partial charge in [0.2, 0.25) is 0 Å². The van der Waals surface area contributed by atoms with Gasteiger partial charge in [-0.25, -0.2) is 0 Å². The van der Waals surface area contributed by atoms with Crippen molar-refractivity contribution in [2.24, 2.45) is 11.8 Å². The SMILES string of the molecule is Cc1ccc(Br)cc1NC1C(C)CCCC1C. The van der Waals surface area contributed by atoms with Gasteiger partial charge in [-0.2, -0.15) is 0 Å². The Kier molecular flexibility index (Phi) is 4.13. The van der Waals surface area contributed by atoms with E-state index in [0.717, 1.165) is 16.3 Å². The van der Waals surface area contributed by atoms with Gasteiger partial charge in [0, 0.05) is 16.2 Å². The van der Waals surface area contributed by atoms with Crippen LogP contribution in [0.2, 0.25) is 0 Å². The maximum absolute atomic E-state index is 3.76. The van der Waals surface area contributed by atoms with Gasteiger partial charge in [-0.3, -0.25) is 0 Å². The molecule has 2 heteroatoms. The number of halogens is 1. The zero-order valence-electron chi connectivity index (χ0n) is 11.0. The maximum Gasteiger partial charge on any atom is 0.0383 e. The van der Waals surface area contributed by atoms with Crippen LogP contribution in [0.3, 0.4) is 0 Å². The third-order valence-corrected chi connectivity index (χ3v) is 4.56. The largest absolute Gasteiger partial charge is 0.382 e. The standard InChI is InChI=1S/C15H22BrN/c1-10-7-8-13(16)9-14(10)17-15-11(2)5-4-6-12(15)3/h7-9,11-12,15,17H,4-6H2,1-3H3. The Labute approximate surface area is 113 Å². The lowest BCUT2D eigenvalue weighted by molar-refractivity contribution is 0.268. The molecule has 2 atom stereocenters. The van der Waals surface area contributed by atoms with Gasteiger partial charge in [0.05, 0.1) is 0 Å². The number of hydrogen-bond donors (Lipinski definition) is 1. The lowest BCUT2D eigenvalue weighted by atomic mass is 9.78. The number of hydrogen-bond acceptors (Lipinski definition) is 1. The first-order valence-electron chi connectivity index (χ1n) is 6.60. The summed E-state index contributed by atoms with van der Waals surface area (Å²) in [6, 6.07) is 7.10. The van der Waals surface area contributed by atoms with Gasteiger partial charge < -0.3 is 5.32 Å². The van der Waals surface area contributed by atoms with Crippen LogP contribution < -0.4 is 5.32 Å². The van der Waals surface area contributed by atoms with Crippen LogP contribution >= 0.6 is 15.9 Å². The third-order valence-electron chi connectivity index (χ3n) is 4.07. The first-order chi connectivity index (χ1) is 8.08. The molecule has 94 valence electrons. The molecule has 0 amide bonds. The van der Waals surface area contributed by atoms with Gasteiger partial charge in [0.25, 0.3) is 0 Å². The van der Waals surface area contributed by atoms with Gasteiger partial charge in [-0.05, 0) is 49.3 Å². The van der Waals surface area contributed by atoms with E-state index < -0.39 is 0 Å². The summed E-state index contributed by atoms with van der Waals surface area (Å²) >= 11 is 3.55. The molecule has 2 unspecified atom stereocenters. The summed E-state index contributed by atoms with van der Waals surface area (Å²) < 4.78 is 1.15. The van der Waals surface area contributed by atoms with Gasteiger partial charge in [0.15, 0.2) is 0 Å². The zero-order chi connectivity index (χ0) is 12.4. The minimum Gasteiger partial charge on any atom is -0.382 e. The van der Waals surface area contributed by atoms with Crippen molar-refractivity contribution in [2.45, 2.75) is 46.1 Å². The topological polar surface area (TPSA) is 12.0 Å². The van der Waals surface area contributed by atoms with Gasteiger partial charge in [0.1, 0.15) is 0 Å². The molecule has 1 aromatic rings. The molecule has 1 nitrogen and oxygen atoms in total. The fourth-order valence-corrected chi connectivity index (χ4v) is 3.26. The van der Waals surface area contributed by atoms with E-state index in [-0.39, 0.29) is 0 Å².